The second-order valence-electron chi connectivity index (χ2n) is 3.18. The fourth-order valence-corrected chi connectivity index (χ4v) is 1.84. The van der Waals surface area contributed by atoms with Gasteiger partial charge in [-0.25, -0.2) is 4.79 Å². The molecule has 1 atom stereocenters. The van der Waals surface area contributed by atoms with Crippen molar-refractivity contribution in [3.63, 3.8) is 0 Å². The van der Waals surface area contributed by atoms with Gasteiger partial charge in [0.05, 0.1) is 12.7 Å². The molecule has 0 heterocycles. The zero-order valence-electron chi connectivity index (χ0n) is 9.11. The van der Waals surface area contributed by atoms with E-state index in [1.54, 1.807) is 17.8 Å². The lowest BCUT2D eigenvalue weighted by Gasteiger charge is -2.14. The molecule has 0 bridgehead atoms. The first-order valence-electron chi connectivity index (χ1n) is 4.61. The first-order valence-corrected chi connectivity index (χ1v) is 5.90. The molecule has 2 N–H and O–H groups in total. The van der Waals surface area contributed by atoms with Crippen molar-refractivity contribution < 1.29 is 9.53 Å². The van der Waals surface area contributed by atoms with Gasteiger partial charge in [0.1, 0.15) is 0 Å². The molecule has 3 nitrogen and oxygen atoms in total. The van der Waals surface area contributed by atoms with Crippen LogP contribution in [0.25, 0.3) is 0 Å². The first kappa shape index (κ1) is 11.9. The third-order valence-corrected chi connectivity index (χ3v) is 3.27. The number of ether oxygens (including phenoxy) is 1. The summed E-state index contributed by atoms with van der Waals surface area (Å²) in [5, 5.41) is 0.225. The predicted molar refractivity (Wildman–Crippen MR) is 64.1 cm³/mol. The zero-order valence-corrected chi connectivity index (χ0v) is 9.93. The molecule has 82 valence electrons. The number of carbonyl (C=O) groups is 1. The maximum absolute atomic E-state index is 11.6. The maximum atomic E-state index is 11.6. The van der Waals surface area contributed by atoms with E-state index in [0.717, 1.165) is 5.56 Å². The maximum Gasteiger partial charge on any atom is 0.340 e. The fourth-order valence-electron chi connectivity index (χ4n) is 1.39. The van der Waals surface area contributed by atoms with E-state index in [2.05, 4.69) is 0 Å². The lowest BCUT2D eigenvalue weighted by molar-refractivity contribution is 0.0600. The van der Waals surface area contributed by atoms with Gasteiger partial charge in [-0.05, 0) is 24.8 Å². The van der Waals surface area contributed by atoms with Gasteiger partial charge >= 0.3 is 5.97 Å². The van der Waals surface area contributed by atoms with Crippen molar-refractivity contribution >= 4 is 23.4 Å². The number of hydrogen-bond acceptors (Lipinski definition) is 4. The van der Waals surface area contributed by atoms with E-state index >= 15 is 0 Å². The van der Waals surface area contributed by atoms with E-state index in [1.165, 1.54) is 7.11 Å². The Bertz CT molecular complexity index is 366. The highest BCUT2D eigenvalue weighted by atomic mass is 32.2. The Morgan fingerprint density at radius 1 is 1.53 bits per heavy atom. The molecule has 0 aliphatic carbocycles. The fraction of sp³-hybridized carbons (Fsp3) is 0.364. The van der Waals surface area contributed by atoms with Crippen LogP contribution in [0.1, 0.15) is 28.1 Å². The molecule has 0 aliphatic rings. The molecule has 0 saturated carbocycles. The van der Waals surface area contributed by atoms with Crippen LogP contribution in [0.4, 0.5) is 5.69 Å². The second kappa shape index (κ2) is 5.07. The summed E-state index contributed by atoms with van der Waals surface area (Å²) in [6.07, 6.45) is 1.99. The van der Waals surface area contributed by atoms with E-state index in [4.69, 9.17) is 10.5 Å². The Morgan fingerprint density at radius 2 is 2.20 bits per heavy atom. The SMILES string of the molecule is COC(=O)c1c(N)cccc1C(C)SC. The molecule has 0 amide bonds. The van der Waals surface area contributed by atoms with Crippen molar-refractivity contribution in [3.8, 4) is 0 Å². The molecule has 1 aromatic rings. The molecular formula is C11H15NO2S. The molecule has 1 unspecified atom stereocenters. The van der Waals surface area contributed by atoms with Crippen molar-refractivity contribution in [1.29, 1.82) is 0 Å². The third kappa shape index (κ3) is 2.45. The number of methoxy groups -OCH3 is 1. The monoisotopic (exact) mass is 225 g/mol. The van der Waals surface area contributed by atoms with E-state index < -0.39 is 0 Å². The Labute approximate surface area is 94.0 Å². The molecule has 0 fully saturated rings. The smallest absolute Gasteiger partial charge is 0.340 e. The minimum absolute atomic E-state index is 0.225. The number of rotatable bonds is 3. The minimum Gasteiger partial charge on any atom is -0.465 e. The summed E-state index contributed by atoms with van der Waals surface area (Å²) in [5.41, 5.74) is 7.67. The van der Waals surface area contributed by atoms with Crippen LogP contribution in [0.3, 0.4) is 0 Å². The number of nitrogen functional groups attached to an aromatic ring is 1. The summed E-state index contributed by atoms with van der Waals surface area (Å²) < 4.78 is 4.72. The molecule has 0 spiro atoms. The quantitative estimate of drug-likeness (QED) is 0.634. The standard InChI is InChI=1S/C11H15NO2S/c1-7(15-3)8-5-4-6-9(12)10(8)11(13)14-2/h4-7H,12H2,1-3H3. The number of benzene rings is 1. The average molecular weight is 225 g/mol. The summed E-state index contributed by atoms with van der Waals surface area (Å²) in [7, 11) is 1.36. The van der Waals surface area contributed by atoms with Crippen molar-refractivity contribution in [1.82, 2.24) is 0 Å². The Hall–Kier alpha value is -1.16. The minimum atomic E-state index is -0.371. The average Bonchev–Trinajstić information content (AvgIpc) is 2.26. The molecule has 1 rings (SSSR count). The Kier molecular flexibility index (Phi) is 4.03. The highest BCUT2D eigenvalue weighted by molar-refractivity contribution is 7.98. The van der Waals surface area contributed by atoms with Crippen LogP contribution in [-0.4, -0.2) is 19.3 Å². The Balaban J connectivity index is 3.26. The van der Waals surface area contributed by atoms with Crippen LogP contribution in [0.15, 0.2) is 18.2 Å². The van der Waals surface area contributed by atoms with Crippen LogP contribution in [0.5, 0.6) is 0 Å². The number of esters is 1. The van der Waals surface area contributed by atoms with Crippen LogP contribution >= 0.6 is 11.8 Å². The molecule has 15 heavy (non-hydrogen) atoms. The third-order valence-electron chi connectivity index (χ3n) is 2.31. The number of carbonyl (C=O) groups excluding carboxylic acids is 1. The van der Waals surface area contributed by atoms with Crippen LogP contribution < -0.4 is 5.73 Å². The summed E-state index contributed by atoms with van der Waals surface area (Å²) in [6, 6.07) is 5.47. The normalized spacial score (nSPS) is 12.2. The molecule has 1 aromatic carbocycles. The number of anilines is 1. The van der Waals surface area contributed by atoms with Crippen molar-refractivity contribution in [2.24, 2.45) is 0 Å². The van der Waals surface area contributed by atoms with Gasteiger partial charge in [-0.1, -0.05) is 12.1 Å². The lowest BCUT2D eigenvalue weighted by Crippen LogP contribution is -2.10. The van der Waals surface area contributed by atoms with Gasteiger partial charge in [-0.3, -0.25) is 0 Å². The topological polar surface area (TPSA) is 52.3 Å². The van der Waals surface area contributed by atoms with E-state index in [-0.39, 0.29) is 11.2 Å². The molecule has 0 aliphatic heterocycles. The van der Waals surface area contributed by atoms with Crippen molar-refractivity contribution in [2.75, 3.05) is 19.1 Å². The van der Waals surface area contributed by atoms with Crippen LogP contribution in [0, 0.1) is 0 Å². The first-order chi connectivity index (χ1) is 7.11. The number of nitrogens with two attached hydrogens (primary N) is 1. The summed E-state index contributed by atoms with van der Waals surface area (Å²) in [4.78, 5) is 11.6. The van der Waals surface area contributed by atoms with Crippen LogP contribution in [-0.2, 0) is 4.74 Å². The zero-order chi connectivity index (χ0) is 11.4. The molecule has 4 heteroatoms. The number of thioether (sulfide) groups is 1. The summed E-state index contributed by atoms with van der Waals surface area (Å²) in [5.74, 6) is -0.371. The molecular weight excluding hydrogens is 210 g/mol. The second-order valence-corrected chi connectivity index (χ2v) is 4.36. The van der Waals surface area contributed by atoms with E-state index in [1.807, 2.05) is 25.3 Å². The summed E-state index contributed by atoms with van der Waals surface area (Å²) >= 11 is 1.67. The predicted octanol–water partition coefficient (Wildman–Crippen LogP) is 2.48. The van der Waals surface area contributed by atoms with Crippen molar-refractivity contribution in [2.45, 2.75) is 12.2 Å². The highest BCUT2D eigenvalue weighted by Gasteiger charge is 2.18. The lowest BCUT2D eigenvalue weighted by atomic mass is 10.0. The molecule has 0 saturated heterocycles. The van der Waals surface area contributed by atoms with Gasteiger partial charge in [0.25, 0.3) is 0 Å². The number of hydrogen-bond donors (Lipinski definition) is 1. The van der Waals surface area contributed by atoms with E-state index in [0.29, 0.717) is 11.3 Å². The van der Waals surface area contributed by atoms with Gasteiger partial charge in [0.2, 0.25) is 0 Å². The Morgan fingerprint density at radius 3 is 2.73 bits per heavy atom. The van der Waals surface area contributed by atoms with Gasteiger partial charge in [0.15, 0.2) is 0 Å². The van der Waals surface area contributed by atoms with Gasteiger partial charge < -0.3 is 10.5 Å². The van der Waals surface area contributed by atoms with Crippen molar-refractivity contribution in [3.05, 3.63) is 29.3 Å². The molecule has 0 radical (unpaired) electrons. The molecule has 0 aromatic heterocycles. The van der Waals surface area contributed by atoms with Crippen LogP contribution in [0.2, 0.25) is 0 Å². The summed E-state index contributed by atoms with van der Waals surface area (Å²) in [6.45, 7) is 2.03. The van der Waals surface area contributed by atoms with Gasteiger partial charge in [-0.2, -0.15) is 11.8 Å². The highest BCUT2D eigenvalue weighted by Crippen LogP contribution is 2.31. The van der Waals surface area contributed by atoms with Gasteiger partial charge in [0, 0.05) is 10.9 Å². The largest absolute Gasteiger partial charge is 0.465 e. The van der Waals surface area contributed by atoms with Gasteiger partial charge in [-0.15, -0.1) is 0 Å². The van der Waals surface area contributed by atoms with E-state index in [9.17, 15) is 4.79 Å².